The van der Waals surface area contributed by atoms with Crippen LogP contribution in [0.4, 0.5) is 8.78 Å². The molecule has 0 atom stereocenters. The Labute approximate surface area is 101 Å². The van der Waals surface area contributed by atoms with Crippen LogP contribution in [0.2, 0.25) is 0 Å². The maximum Gasteiger partial charge on any atom is 0.586 e. The molecule has 1 fully saturated rings. The first-order valence-corrected chi connectivity index (χ1v) is 5.20. The molecule has 0 N–H and O–H groups in total. The molecule has 0 saturated carbocycles. The summed E-state index contributed by atoms with van der Waals surface area (Å²) in [6.45, 7) is 3.47. The van der Waals surface area contributed by atoms with Crippen molar-refractivity contribution in [3.05, 3.63) is 35.3 Å². The first-order valence-electron chi connectivity index (χ1n) is 4.82. The van der Waals surface area contributed by atoms with Crippen LogP contribution in [-0.4, -0.2) is 11.5 Å². The Bertz CT molecular complexity index is 475. The summed E-state index contributed by atoms with van der Waals surface area (Å²) >= 11 is 5.36. The molecule has 3 nitrogen and oxygen atoms in total. The largest absolute Gasteiger partial charge is 0.586 e. The summed E-state index contributed by atoms with van der Waals surface area (Å²) in [6, 6.07) is 0. The van der Waals surface area contributed by atoms with Gasteiger partial charge in [-0.05, 0) is 23.8 Å². The van der Waals surface area contributed by atoms with Crippen molar-refractivity contribution in [1.29, 1.82) is 0 Å². The van der Waals surface area contributed by atoms with Crippen LogP contribution in [-0.2, 0) is 14.3 Å². The predicted molar refractivity (Wildman–Crippen MR) is 56.0 cm³/mol. The average molecular weight is 263 g/mol. The van der Waals surface area contributed by atoms with Gasteiger partial charge in [-0.25, -0.2) is 0 Å². The van der Waals surface area contributed by atoms with Gasteiger partial charge in [-0.2, -0.15) is 0 Å². The van der Waals surface area contributed by atoms with Crippen LogP contribution in [0.15, 0.2) is 35.3 Å². The zero-order valence-corrected chi connectivity index (χ0v) is 9.85. The second kappa shape index (κ2) is 3.57. The van der Waals surface area contributed by atoms with E-state index in [0.717, 1.165) is 6.08 Å². The van der Waals surface area contributed by atoms with Crippen molar-refractivity contribution in [3.63, 3.8) is 0 Å². The van der Waals surface area contributed by atoms with Crippen LogP contribution in [0.3, 0.4) is 0 Å². The molecular weight excluding hydrogens is 254 g/mol. The maximum absolute atomic E-state index is 12.9. The third-order valence-corrected chi connectivity index (χ3v) is 2.46. The van der Waals surface area contributed by atoms with E-state index in [9.17, 15) is 13.6 Å². The Morgan fingerprint density at radius 2 is 1.82 bits per heavy atom. The van der Waals surface area contributed by atoms with Crippen LogP contribution in [0, 0.1) is 5.41 Å². The summed E-state index contributed by atoms with van der Waals surface area (Å²) in [6.07, 6.45) is 0.459. The Balaban J connectivity index is 2.50. The molecule has 0 unspecified atom stereocenters. The highest BCUT2D eigenvalue weighted by atomic mass is 35.5. The fourth-order valence-corrected chi connectivity index (χ4v) is 1.76. The molecule has 92 valence electrons. The molecule has 0 aromatic carbocycles. The highest BCUT2D eigenvalue weighted by Gasteiger charge is 2.46. The zero-order chi connectivity index (χ0) is 12.8. The molecular formula is C11H9ClF2O3. The van der Waals surface area contributed by atoms with Gasteiger partial charge in [-0.15, -0.1) is 8.78 Å². The monoisotopic (exact) mass is 262 g/mol. The molecule has 1 aliphatic carbocycles. The Morgan fingerprint density at radius 1 is 1.24 bits per heavy atom. The number of carbonyl (C=O) groups is 1. The lowest BCUT2D eigenvalue weighted by atomic mass is 9.91. The summed E-state index contributed by atoms with van der Waals surface area (Å²) in [4.78, 5) is 11.1. The van der Waals surface area contributed by atoms with Gasteiger partial charge in [0.2, 0.25) is 0 Å². The Kier molecular flexibility index (Phi) is 2.54. The van der Waals surface area contributed by atoms with Crippen molar-refractivity contribution >= 4 is 16.8 Å². The van der Waals surface area contributed by atoms with E-state index in [1.807, 2.05) is 0 Å². The number of hydrogen-bond acceptors (Lipinski definition) is 3. The van der Waals surface area contributed by atoms with Gasteiger partial charge >= 0.3 is 6.29 Å². The van der Waals surface area contributed by atoms with E-state index < -0.39 is 17.0 Å². The number of alkyl halides is 2. The molecule has 0 radical (unpaired) electrons. The predicted octanol–water partition coefficient (Wildman–Crippen LogP) is 3.08. The highest BCUT2D eigenvalue weighted by molar-refractivity contribution is 6.68. The molecule has 2 rings (SSSR count). The van der Waals surface area contributed by atoms with Crippen molar-refractivity contribution in [2.75, 3.05) is 0 Å². The summed E-state index contributed by atoms with van der Waals surface area (Å²) in [5.74, 6) is -0.287. The number of hydrogen-bond donors (Lipinski definition) is 0. The Hall–Kier alpha value is -1.36. The molecule has 0 bridgehead atoms. The number of ether oxygens (including phenoxy) is 2. The Morgan fingerprint density at radius 3 is 2.41 bits per heavy atom. The van der Waals surface area contributed by atoms with Crippen LogP contribution in [0.5, 0.6) is 0 Å². The van der Waals surface area contributed by atoms with Crippen LogP contribution in [0.1, 0.15) is 13.8 Å². The van der Waals surface area contributed by atoms with Gasteiger partial charge in [-0.3, -0.25) is 4.79 Å². The molecule has 1 saturated heterocycles. The fourth-order valence-electron chi connectivity index (χ4n) is 1.66. The maximum atomic E-state index is 12.9. The van der Waals surface area contributed by atoms with Crippen molar-refractivity contribution in [1.82, 2.24) is 0 Å². The molecule has 2 aliphatic rings. The van der Waals surface area contributed by atoms with E-state index in [1.165, 1.54) is 6.08 Å². The molecule has 0 aromatic heterocycles. The molecule has 0 aromatic rings. The van der Waals surface area contributed by atoms with Gasteiger partial charge in [0.05, 0.1) is 0 Å². The van der Waals surface area contributed by atoms with Crippen molar-refractivity contribution < 1.29 is 23.0 Å². The summed E-state index contributed by atoms with van der Waals surface area (Å²) in [7, 11) is 0. The van der Waals surface area contributed by atoms with E-state index >= 15 is 0 Å². The summed E-state index contributed by atoms with van der Waals surface area (Å²) in [5.41, 5.74) is -0.545. The first-order chi connectivity index (χ1) is 7.69. The summed E-state index contributed by atoms with van der Waals surface area (Å²) < 4.78 is 34.4. The minimum Gasteiger partial charge on any atom is -0.396 e. The van der Waals surface area contributed by atoms with E-state index in [-0.39, 0.29) is 17.1 Å². The van der Waals surface area contributed by atoms with Gasteiger partial charge < -0.3 is 9.47 Å². The van der Waals surface area contributed by atoms with E-state index in [0.29, 0.717) is 0 Å². The third kappa shape index (κ3) is 2.49. The quantitative estimate of drug-likeness (QED) is 0.681. The molecule has 0 spiro atoms. The molecule has 6 heteroatoms. The second-order valence-electron chi connectivity index (χ2n) is 4.38. The lowest BCUT2D eigenvalue weighted by molar-refractivity contribution is -0.326. The van der Waals surface area contributed by atoms with Crippen LogP contribution >= 0.6 is 11.6 Å². The number of allylic oxidation sites excluding steroid dienone is 4. The summed E-state index contributed by atoms with van der Waals surface area (Å²) in [5, 5.41) is -0.737. The van der Waals surface area contributed by atoms with Gasteiger partial charge in [0.15, 0.2) is 11.5 Å². The van der Waals surface area contributed by atoms with Crippen LogP contribution in [0.25, 0.3) is 0 Å². The number of halogens is 3. The van der Waals surface area contributed by atoms with Crippen molar-refractivity contribution in [2.45, 2.75) is 20.1 Å². The minimum atomic E-state index is -3.70. The lowest BCUT2D eigenvalue weighted by Crippen LogP contribution is -2.15. The van der Waals surface area contributed by atoms with Crippen LogP contribution < -0.4 is 0 Å². The normalized spacial score (nSPS) is 24.4. The number of fused-ring (bicyclic) bond motifs is 1. The van der Waals surface area contributed by atoms with Crippen molar-refractivity contribution in [3.8, 4) is 0 Å². The van der Waals surface area contributed by atoms with Gasteiger partial charge in [-0.1, -0.05) is 19.9 Å². The average Bonchev–Trinajstić information content (AvgIpc) is 2.30. The smallest absolute Gasteiger partial charge is 0.396 e. The van der Waals surface area contributed by atoms with E-state index in [4.69, 9.17) is 11.6 Å². The lowest BCUT2D eigenvalue weighted by Gasteiger charge is -2.15. The van der Waals surface area contributed by atoms with Crippen molar-refractivity contribution in [2.24, 2.45) is 5.41 Å². The van der Waals surface area contributed by atoms with E-state index in [1.54, 1.807) is 19.9 Å². The molecule has 0 amide bonds. The molecule has 17 heavy (non-hydrogen) atoms. The van der Waals surface area contributed by atoms with Gasteiger partial charge in [0.25, 0.3) is 5.24 Å². The molecule has 1 heterocycles. The molecule has 1 aliphatic heterocycles. The van der Waals surface area contributed by atoms with Gasteiger partial charge in [0.1, 0.15) is 0 Å². The van der Waals surface area contributed by atoms with Gasteiger partial charge in [0, 0.05) is 11.0 Å². The topological polar surface area (TPSA) is 35.5 Å². The SMILES string of the molecule is CC1(C)C=C(C(=O)Cl)C=C2OC(F)(F)OC2=C1. The zero-order valence-electron chi connectivity index (χ0n) is 9.09. The first kappa shape index (κ1) is 12.1. The third-order valence-electron chi connectivity index (χ3n) is 2.24. The highest BCUT2D eigenvalue weighted by Crippen LogP contribution is 2.41. The standard InChI is InChI=1S/C11H9ClF2O3/c1-10(2)4-6(9(12)15)3-7-8(5-10)17-11(13,14)16-7/h3-5H,1-2H3. The van der Waals surface area contributed by atoms with E-state index in [2.05, 4.69) is 9.47 Å². The minimum absolute atomic E-state index is 0.0934. The number of rotatable bonds is 1. The second-order valence-corrected chi connectivity index (χ2v) is 4.72. The fraction of sp³-hybridized carbons (Fsp3) is 0.364. The number of carbonyl (C=O) groups excluding carboxylic acids is 1.